The first-order valence-electron chi connectivity index (χ1n) is 10.00. The fraction of sp³-hybridized carbons (Fsp3) is 0.348. The van der Waals surface area contributed by atoms with Crippen LogP contribution < -0.4 is 10.6 Å². The number of carboxylic acids is 1. The molecule has 0 radical (unpaired) electrons. The van der Waals surface area contributed by atoms with E-state index in [4.69, 9.17) is 16.3 Å². The molecule has 2 atom stereocenters. The summed E-state index contributed by atoms with van der Waals surface area (Å²) in [5.74, 6) is -1.70. The van der Waals surface area contributed by atoms with Gasteiger partial charge in [0, 0.05) is 11.4 Å². The molecule has 0 heterocycles. The lowest BCUT2D eigenvalue weighted by Gasteiger charge is -2.23. The fourth-order valence-electron chi connectivity index (χ4n) is 2.97. The Kier molecular flexibility index (Phi) is 9.34. The van der Waals surface area contributed by atoms with E-state index in [0.717, 1.165) is 5.56 Å². The molecule has 0 aliphatic carbocycles. The predicted octanol–water partition coefficient (Wildman–Crippen LogP) is 3.79. The Hall–Kier alpha value is -3.06. The van der Waals surface area contributed by atoms with Crippen LogP contribution in [0, 0.1) is 5.92 Å². The Morgan fingerprint density at radius 1 is 0.968 bits per heavy atom. The minimum absolute atomic E-state index is 0.0214. The van der Waals surface area contributed by atoms with Crippen molar-refractivity contribution in [3.8, 4) is 0 Å². The van der Waals surface area contributed by atoms with Gasteiger partial charge in [-0.05, 0) is 29.5 Å². The predicted molar refractivity (Wildman–Crippen MR) is 118 cm³/mol. The highest BCUT2D eigenvalue weighted by atomic mass is 35.5. The summed E-state index contributed by atoms with van der Waals surface area (Å²) in [6.07, 6.45) is -0.402. The first-order chi connectivity index (χ1) is 14.8. The minimum atomic E-state index is -1.19. The molecule has 0 aliphatic rings. The molecular formula is C23H27ClN2O5. The molecule has 0 aliphatic heterocycles. The standard InChI is InChI=1S/C23H27ClN2O5/c1-15(2)12-19(26-23(30)31-14-16-8-4-3-5-9-16)21(27)25-20(22(28)29)13-17-10-6-7-11-18(17)24/h3-11,15,19-20H,12-14H2,1-2H3,(H,25,27)(H,26,30)(H,28,29)/t19-,20-/m0/s1. The van der Waals surface area contributed by atoms with E-state index in [2.05, 4.69) is 10.6 Å². The number of halogens is 1. The first kappa shape index (κ1) is 24.2. The SMILES string of the molecule is CC(C)C[C@H](NC(=O)OCc1ccccc1)C(=O)N[C@@H](Cc1ccccc1Cl)C(=O)O. The Morgan fingerprint density at radius 2 is 1.61 bits per heavy atom. The summed E-state index contributed by atoms with van der Waals surface area (Å²) in [5.41, 5.74) is 1.42. The molecule has 7 nitrogen and oxygen atoms in total. The fourth-order valence-corrected chi connectivity index (χ4v) is 3.18. The summed E-state index contributed by atoms with van der Waals surface area (Å²) in [6, 6.07) is 13.9. The average Bonchev–Trinajstić information content (AvgIpc) is 2.73. The van der Waals surface area contributed by atoms with Crippen molar-refractivity contribution in [1.82, 2.24) is 10.6 Å². The highest BCUT2D eigenvalue weighted by Gasteiger charge is 2.28. The number of benzene rings is 2. The van der Waals surface area contributed by atoms with Crippen LogP contribution >= 0.6 is 11.6 Å². The van der Waals surface area contributed by atoms with Crippen LogP contribution in [0.25, 0.3) is 0 Å². The van der Waals surface area contributed by atoms with Crippen molar-refractivity contribution in [2.24, 2.45) is 5.92 Å². The molecule has 0 bridgehead atoms. The highest BCUT2D eigenvalue weighted by molar-refractivity contribution is 6.31. The number of alkyl carbamates (subject to hydrolysis) is 1. The van der Waals surface area contributed by atoms with Gasteiger partial charge in [0.2, 0.25) is 5.91 Å². The Morgan fingerprint density at radius 3 is 2.23 bits per heavy atom. The molecule has 0 unspecified atom stereocenters. The van der Waals surface area contributed by atoms with Gasteiger partial charge >= 0.3 is 12.1 Å². The van der Waals surface area contributed by atoms with Crippen molar-refractivity contribution in [3.05, 3.63) is 70.7 Å². The minimum Gasteiger partial charge on any atom is -0.480 e. The van der Waals surface area contributed by atoms with Crippen molar-refractivity contribution in [1.29, 1.82) is 0 Å². The molecule has 2 aromatic rings. The lowest BCUT2D eigenvalue weighted by atomic mass is 10.0. The van der Waals surface area contributed by atoms with Gasteiger partial charge in [-0.2, -0.15) is 0 Å². The van der Waals surface area contributed by atoms with Crippen molar-refractivity contribution < 1.29 is 24.2 Å². The molecule has 3 N–H and O–H groups in total. The normalized spacial score (nSPS) is 12.6. The third-order valence-corrected chi connectivity index (χ3v) is 4.89. The molecule has 0 saturated carbocycles. The van der Waals surface area contributed by atoms with Gasteiger partial charge in [0.15, 0.2) is 0 Å². The third kappa shape index (κ3) is 8.30. The summed E-state index contributed by atoms with van der Waals surface area (Å²) in [6.45, 7) is 3.86. The van der Waals surface area contributed by atoms with Crippen molar-refractivity contribution >= 4 is 29.6 Å². The Balaban J connectivity index is 2.01. The topological polar surface area (TPSA) is 105 Å². The van der Waals surface area contributed by atoms with Crippen LogP contribution in [-0.4, -0.2) is 35.2 Å². The second-order valence-electron chi connectivity index (χ2n) is 7.58. The second-order valence-corrected chi connectivity index (χ2v) is 7.99. The number of amides is 2. The number of carboxylic acid groups (broad SMARTS) is 1. The highest BCUT2D eigenvalue weighted by Crippen LogP contribution is 2.17. The summed E-state index contributed by atoms with van der Waals surface area (Å²) < 4.78 is 5.19. The first-order valence-corrected chi connectivity index (χ1v) is 10.4. The van der Waals surface area contributed by atoms with Crippen molar-refractivity contribution in [3.63, 3.8) is 0 Å². The molecule has 2 rings (SSSR count). The van der Waals surface area contributed by atoms with Gasteiger partial charge in [0.1, 0.15) is 18.7 Å². The monoisotopic (exact) mass is 446 g/mol. The van der Waals surface area contributed by atoms with E-state index in [1.165, 1.54) is 0 Å². The number of carbonyl (C=O) groups is 3. The van der Waals surface area contributed by atoms with Crippen LogP contribution in [0.5, 0.6) is 0 Å². The maximum Gasteiger partial charge on any atom is 0.408 e. The van der Waals surface area contributed by atoms with Gasteiger partial charge in [-0.15, -0.1) is 0 Å². The molecule has 0 saturated heterocycles. The zero-order valence-corrected chi connectivity index (χ0v) is 18.3. The van der Waals surface area contributed by atoms with Gasteiger partial charge < -0.3 is 20.5 Å². The summed E-state index contributed by atoms with van der Waals surface area (Å²) in [5, 5.41) is 15.0. The van der Waals surface area contributed by atoms with E-state index in [0.29, 0.717) is 17.0 Å². The van der Waals surface area contributed by atoms with Crippen molar-refractivity contribution in [2.45, 2.75) is 45.4 Å². The number of hydrogen-bond acceptors (Lipinski definition) is 4. The van der Waals surface area contributed by atoms with E-state index in [1.807, 2.05) is 44.2 Å². The Labute approximate surface area is 186 Å². The third-order valence-electron chi connectivity index (χ3n) is 4.52. The van der Waals surface area contributed by atoms with Crippen LogP contribution in [0.1, 0.15) is 31.4 Å². The van der Waals surface area contributed by atoms with Crippen molar-refractivity contribution in [2.75, 3.05) is 0 Å². The Bertz CT molecular complexity index is 889. The van der Waals surface area contributed by atoms with Crippen LogP contribution in [0.15, 0.2) is 54.6 Å². The number of hydrogen-bond donors (Lipinski definition) is 3. The maximum atomic E-state index is 12.8. The lowest BCUT2D eigenvalue weighted by molar-refractivity contribution is -0.142. The van der Waals surface area contributed by atoms with Gasteiger partial charge in [-0.3, -0.25) is 4.79 Å². The van der Waals surface area contributed by atoms with E-state index in [9.17, 15) is 19.5 Å². The number of nitrogens with one attached hydrogen (secondary N) is 2. The van der Waals surface area contributed by atoms with Gasteiger partial charge in [0.25, 0.3) is 0 Å². The van der Waals surface area contributed by atoms with Crippen LogP contribution in [0.2, 0.25) is 5.02 Å². The molecule has 0 aromatic heterocycles. The number of carbonyl (C=O) groups excluding carboxylic acids is 2. The lowest BCUT2D eigenvalue weighted by Crippen LogP contribution is -2.52. The van der Waals surface area contributed by atoms with Gasteiger partial charge in [-0.1, -0.05) is 74.0 Å². The number of rotatable bonds is 10. The molecule has 2 amide bonds. The van der Waals surface area contributed by atoms with Crippen LogP contribution in [-0.2, 0) is 27.4 Å². The van der Waals surface area contributed by atoms with E-state index >= 15 is 0 Å². The summed E-state index contributed by atoms with van der Waals surface area (Å²) in [4.78, 5) is 36.7. The van der Waals surface area contributed by atoms with E-state index < -0.39 is 30.1 Å². The summed E-state index contributed by atoms with van der Waals surface area (Å²) >= 11 is 6.12. The smallest absolute Gasteiger partial charge is 0.408 e. The molecule has 0 spiro atoms. The van der Waals surface area contributed by atoms with Crippen LogP contribution in [0.4, 0.5) is 4.79 Å². The zero-order valence-electron chi connectivity index (χ0n) is 17.5. The van der Waals surface area contributed by atoms with E-state index in [1.54, 1.807) is 24.3 Å². The quantitative estimate of drug-likeness (QED) is 0.515. The van der Waals surface area contributed by atoms with E-state index in [-0.39, 0.29) is 18.9 Å². The van der Waals surface area contributed by atoms with Gasteiger partial charge in [-0.25, -0.2) is 9.59 Å². The number of aliphatic carboxylic acids is 1. The molecule has 31 heavy (non-hydrogen) atoms. The molecular weight excluding hydrogens is 420 g/mol. The zero-order chi connectivity index (χ0) is 22.8. The van der Waals surface area contributed by atoms with Gasteiger partial charge in [0.05, 0.1) is 0 Å². The summed E-state index contributed by atoms with van der Waals surface area (Å²) in [7, 11) is 0. The maximum absolute atomic E-state index is 12.8. The molecule has 0 fully saturated rings. The molecule has 8 heteroatoms. The number of ether oxygens (including phenoxy) is 1. The average molecular weight is 447 g/mol. The largest absolute Gasteiger partial charge is 0.480 e. The second kappa shape index (κ2) is 12.0. The van der Waals surface area contributed by atoms with Crippen LogP contribution in [0.3, 0.4) is 0 Å². The molecule has 2 aromatic carbocycles. The molecule has 166 valence electrons.